The lowest BCUT2D eigenvalue weighted by atomic mass is 9.88. The van der Waals surface area contributed by atoms with E-state index in [0.717, 1.165) is 5.69 Å². The van der Waals surface area contributed by atoms with Crippen molar-refractivity contribution in [3.8, 4) is 0 Å². The highest BCUT2D eigenvalue weighted by molar-refractivity contribution is 5.98. The molecular formula is C26H29F4N3O4. The standard InChI is InChI=1S/C26H29F4N3O4/c1-15(2)21(31-22(34)19-14-17(26(28,29)30)6-9-20(19)27)23(35)33-12-10-25(3,11-13-33)32-18-7-4-16(5-8-18)24(36)37/h4-9,14-15,21,32H,10-13H2,1-3H3,(H,31,34)(H,36,37). The summed E-state index contributed by atoms with van der Waals surface area (Å²) in [5.74, 6) is -4.03. The fourth-order valence-corrected chi connectivity index (χ4v) is 4.20. The van der Waals surface area contributed by atoms with Crippen molar-refractivity contribution in [2.24, 2.45) is 5.92 Å². The summed E-state index contributed by atoms with van der Waals surface area (Å²) >= 11 is 0. The molecule has 37 heavy (non-hydrogen) atoms. The second-order valence-corrected chi connectivity index (χ2v) is 9.78. The Labute approximate surface area is 211 Å². The second kappa shape index (κ2) is 10.8. The molecule has 0 bridgehead atoms. The van der Waals surface area contributed by atoms with Gasteiger partial charge in [0.2, 0.25) is 5.91 Å². The van der Waals surface area contributed by atoms with Crippen molar-refractivity contribution in [2.75, 3.05) is 18.4 Å². The van der Waals surface area contributed by atoms with Gasteiger partial charge in [0, 0.05) is 24.3 Å². The summed E-state index contributed by atoms with van der Waals surface area (Å²) in [6.45, 7) is 6.06. The average Bonchev–Trinajstić information content (AvgIpc) is 2.82. The number of carbonyl (C=O) groups is 3. The Morgan fingerprint density at radius 3 is 2.14 bits per heavy atom. The van der Waals surface area contributed by atoms with Crippen molar-refractivity contribution in [3.05, 3.63) is 65.0 Å². The molecule has 0 aromatic heterocycles. The first kappa shape index (κ1) is 27.9. The Morgan fingerprint density at radius 2 is 1.62 bits per heavy atom. The van der Waals surface area contributed by atoms with Gasteiger partial charge in [-0.05, 0) is 68.1 Å². The van der Waals surface area contributed by atoms with Crippen LogP contribution in [0.4, 0.5) is 23.2 Å². The van der Waals surface area contributed by atoms with E-state index in [-0.39, 0.29) is 11.1 Å². The van der Waals surface area contributed by atoms with E-state index in [0.29, 0.717) is 44.1 Å². The van der Waals surface area contributed by atoms with Crippen LogP contribution in [-0.4, -0.2) is 52.5 Å². The molecule has 1 aliphatic heterocycles. The zero-order chi connectivity index (χ0) is 27.5. The number of carboxylic acids is 1. The van der Waals surface area contributed by atoms with E-state index >= 15 is 0 Å². The van der Waals surface area contributed by atoms with Crippen molar-refractivity contribution in [1.29, 1.82) is 0 Å². The number of anilines is 1. The third kappa shape index (κ3) is 6.78. The normalized spacial score (nSPS) is 16.3. The maximum absolute atomic E-state index is 14.2. The van der Waals surface area contributed by atoms with Crippen LogP contribution in [0.1, 0.15) is 59.9 Å². The van der Waals surface area contributed by atoms with Crippen molar-refractivity contribution in [3.63, 3.8) is 0 Å². The molecule has 3 N–H and O–H groups in total. The first-order chi connectivity index (χ1) is 17.2. The lowest BCUT2D eigenvalue weighted by molar-refractivity contribution is -0.138. The summed E-state index contributed by atoms with van der Waals surface area (Å²) in [5, 5.41) is 14.8. The molecular weight excluding hydrogens is 494 g/mol. The summed E-state index contributed by atoms with van der Waals surface area (Å²) in [4.78, 5) is 38.5. The van der Waals surface area contributed by atoms with Crippen LogP contribution in [-0.2, 0) is 11.0 Å². The number of piperidine rings is 1. The number of nitrogens with one attached hydrogen (secondary N) is 2. The Morgan fingerprint density at radius 1 is 1.03 bits per heavy atom. The third-order valence-electron chi connectivity index (χ3n) is 6.51. The predicted octanol–water partition coefficient (Wildman–Crippen LogP) is 4.79. The molecule has 1 fully saturated rings. The number of amides is 2. The van der Waals surface area contributed by atoms with E-state index in [4.69, 9.17) is 5.11 Å². The number of likely N-dealkylation sites (tertiary alicyclic amines) is 1. The number of hydrogen-bond acceptors (Lipinski definition) is 4. The number of hydrogen-bond donors (Lipinski definition) is 3. The molecule has 0 saturated carbocycles. The summed E-state index contributed by atoms with van der Waals surface area (Å²) in [6, 6.07) is 6.85. The van der Waals surface area contributed by atoms with Gasteiger partial charge in [-0.15, -0.1) is 0 Å². The molecule has 1 atom stereocenters. The summed E-state index contributed by atoms with van der Waals surface area (Å²) in [5.41, 5.74) is -1.41. The largest absolute Gasteiger partial charge is 0.478 e. The van der Waals surface area contributed by atoms with Gasteiger partial charge in [0.15, 0.2) is 0 Å². The van der Waals surface area contributed by atoms with Gasteiger partial charge in [-0.3, -0.25) is 9.59 Å². The number of halogens is 4. The SMILES string of the molecule is CC(C)C(NC(=O)c1cc(C(F)(F)F)ccc1F)C(=O)N1CCC(C)(Nc2ccc(C(=O)O)cc2)CC1. The van der Waals surface area contributed by atoms with E-state index in [9.17, 15) is 31.9 Å². The summed E-state index contributed by atoms with van der Waals surface area (Å²) in [7, 11) is 0. The summed E-state index contributed by atoms with van der Waals surface area (Å²) in [6.07, 6.45) is -3.64. The Kier molecular flexibility index (Phi) is 8.14. The molecule has 1 aliphatic rings. The lowest BCUT2D eigenvalue weighted by Crippen LogP contribution is -2.56. The highest BCUT2D eigenvalue weighted by Gasteiger charge is 2.37. The average molecular weight is 524 g/mol. The van der Waals surface area contributed by atoms with Crippen molar-refractivity contribution in [1.82, 2.24) is 10.2 Å². The van der Waals surface area contributed by atoms with Crippen LogP contribution in [0.5, 0.6) is 0 Å². The molecule has 0 spiro atoms. The molecule has 2 aromatic rings. The van der Waals surface area contributed by atoms with Gasteiger partial charge in [-0.2, -0.15) is 13.2 Å². The Bertz CT molecular complexity index is 1160. The number of alkyl halides is 3. The molecule has 200 valence electrons. The van der Waals surface area contributed by atoms with E-state index in [1.165, 1.54) is 12.1 Å². The smallest absolute Gasteiger partial charge is 0.416 e. The molecule has 1 saturated heterocycles. The van der Waals surface area contributed by atoms with Gasteiger partial charge >= 0.3 is 12.1 Å². The number of carboxylic acid groups (broad SMARTS) is 1. The van der Waals surface area contributed by atoms with Gasteiger partial charge in [0.1, 0.15) is 11.9 Å². The molecule has 1 unspecified atom stereocenters. The number of benzene rings is 2. The lowest BCUT2D eigenvalue weighted by Gasteiger charge is -2.42. The fourth-order valence-electron chi connectivity index (χ4n) is 4.20. The molecule has 2 aromatic carbocycles. The van der Waals surface area contributed by atoms with E-state index in [1.54, 1.807) is 30.9 Å². The van der Waals surface area contributed by atoms with Crippen LogP contribution in [0.3, 0.4) is 0 Å². The molecule has 2 amide bonds. The van der Waals surface area contributed by atoms with Gasteiger partial charge in [0.25, 0.3) is 5.91 Å². The van der Waals surface area contributed by atoms with Gasteiger partial charge in [-0.25, -0.2) is 9.18 Å². The molecule has 1 heterocycles. The van der Waals surface area contributed by atoms with E-state index in [2.05, 4.69) is 10.6 Å². The number of carbonyl (C=O) groups excluding carboxylic acids is 2. The van der Waals surface area contributed by atoms with Crippen LogP contribution in [0.15, 0.2) is 42.5 Å². The van der Waals surface area contributed by atoms with E-state index < -0.39 is 52.9 Å². The van der Waals surface area contributed by atoms with Gasteiger partial charge in [0.05, 0.1) is 16.7 Å². The van der Waals surface area contributed by atoms with Gasteiger partial charge in [-0.1, -0.05) is 13.8 Å². The highest BCUT2D eigenvalue weighted by Crippen LogP contribution is 2.31. The second-order valence-electron chi connectivity index (χ2n) is 9.78. The Hall–Kier alpha value is -3.63. The zero-order valence-corrected chi connectivity index (χ0v) is 20.7. The molecule has 7 nitrogen and oxygen atoms in total. The Balaban J connectivity index is 1.66. The monoisotopic (exact) mass is 523 g/mol. The zero-order valence-electron chi connectivity index (χ0n) is 20.7. The molecule has 3 rings (SSSR count). The van der Waals surface area contributed by atoms with Crippen molar-refractivity contribution < 1.29 is 37.1 Å². The molecule has 11 heteroatoms. The minimum Gasteiger partial charge on any atom is -0.478 e. The van der Waals surface area contributed by atoms with Crippen LogP contribution in [0, 0.1) is 11.7 Å². The minimum atomic E-state index is -4.75. The quantitative estimate of drug-likeness (QED) is 0.454. The highest BCUT2D eigenvalue weighted by atomic mass is 19.4. The van der Waals surface area contributed by atoms with Crippen LogP contribution in [0.2, 0.25) is 0 Å². The van der Waals surface area contributed by atoms with Crippen LogP contribution in [0.25, 0.3) is 0 Å². The first-order valence-corrected chi connectivity index (χ1v) is 11.8. The van der Waals surface area contributed by atoms with Crippen molar-refractivity contribution in [2.45, 2.75) is 51.4 Å². The minimum absolute atomic E-state index is 0.169. The van der Waals surface area contributed by atoms with E-state index in [1.807, 2.05) is 6.92 Å². The predicted molar refractivity (Wildman–Crippen MR) is 129 cm³/mol. The topological polar surface area (TPSA) is 98.7 Å². The number of rotatable bonds is 7. The van der Waals surface area contributed by atoms with Gasteiger partial charge < -0.3 is 20.6 Å². The third-order valence-corrected chi connectivity index (χ3v) is 6.51. The van der Waals surface area contributed by atoms with Crippen LogP contribution < -0.4 is 10.6 Å². The number of nitrogens with zero attached hydrogens (tertiary/aromatic N) is 1. The maximum atomic E-state index is 14.2. The fraction of sp³-hybridized carbons (Fsp3) is 0.423. The first-order valence-electron chi connectivity index (χ1n) is 11.8. The molecule has 0 aliphatic carbocycles. The molecule has 0 radical (unpaired) electrons. The maximum Gasteiger partial charge on any atom is 0.416 e. The van der Waals surface area contributed by atoms with Crippen molar-refractivity contribution >= 4 is 23.5 Å². The number of aromatic carboxylic acids is 1. The summed E-state index contributed by atoms with van der Waals surface area (Å²) < 4.78 is 53.3. The van der Waals surface area contributed by atoms with Crippen LogP contribution >= 0.6 is 0 Å².